The number of fused-ring (bicyclic) bond motifs is 1. The number of imide groups is 1. The van der Waals surface area contributed by atoms with Crippen LogP contribution in [-0.2, 0) is 11.3 Å². The minimum atomic E-state index is -0.539. The Bertz CT molecular complexity index is 809. The summed E-state index contributed by atoms with van der Waals surface area (Å²) >= 11 is 0. The van der Waals surface area contributed by atoms with Gasteiger partial charge in [0.15, 0.2) is 0 Å². The second kappa shape index (κ2) is 7.25. The fourth-order valence-corrected chi connectivity index (χ4v) is 3.01. The van der Waals surface area contributed by atoms with Crippen LogP contribution in [0.5, 0.6) is 0 Å². The zero-order valence-electron chi connectivity index (χ0n) is 13.3. The van der Waals surface area contributed by atoms with Gasteiger partial charge in [-0.1, -0.05) is 31.4 Å². The van der Waals surface area contributed by atoms with E-state index >= 15 is 0 Å². The van der Waals surface area contributed by atoms with Crippen LogP contribution in [0, 0.1) is 0 Å². The minimum Gasteiger partial charge on any atom is -0.335 e. The van der Waals surface area contributed by atoms with E-state index < -0.39 is 11.9 Å². The smallest absolute Gasteiger partial charge is 0.321 e. The number of nitrogens with zero attached hydrogens (tertiary/aromatic N) is 2. The largest absolute Gasteiger partial charge is 0.335 e. The second-order valence-electron chi connectivity index (χ2n) is 6.05. The SMILES string of the molecule is O=C(Cn1cnc2ccccc2c1=O)NC(=O)NC1CCCCC1. The molecule has 1 aromatic heterocycles. The molecule has 126 valence electrons. The molecular formula is C17H20N4O3. The highest BCUT2D eigenvalue weighted by Gasteiger charge is 2.17. The highest BCUT2D eigenvalue weighted by Crippen LogP contribution is 2.17. The van der Waals surface area contributed by atoms with Crippen LogP contribution in [0.15, 0.2) is 35.4 Å². The first kappa shape index (κ1) is 16.2. The van der Waals surface area contributed by atoms with Crippen molar-refractivity contribution in [3.63, 3.8) is 0 Å². The van der Waals surface area contributed by atoms with Crippen molar-refractivity contribution in [1.82, 2.24) is 20.2 Å². The zero-order chi connectivity index (χ0) is 16.9. The number of rotatable bonds is 3. The number of para-hydroxylation sites is 1. The first-order valence-corrected chi connectivity index (χ1v) is 8.18. The molecule has 3 amide bonds. The van der Waals surface area contributed by atoms with Crippen molar-refractivity contribution in [2.24, 2.45) is 0 Å². The normalized spacial score (nSPS) is 15.2. The number of amides is 3. The Labute approximate surface area is 139 Å². The van der Waals surface area contributed by atoms with Crippen LogP contribution in [0.2, 0.25) is 0 Å². The lowest BCUT2D eigenvalue weighted by Crippen LogP contribution is -2.46. The first-order chi connectivity index (χ1) is 11.6. The third-order valence-corrected chi connectivity index (χ3v) is 4.24. The van der Waals surface area contributed by atoms with Gasteiger partial charge in [-0.15, -0.1) is 0 Å². The molecule has 2 aromatic rings. The number of carbonyl (C=O) groups excluding carboxylic acids is 2. The number of aromatic nitrogens is 2. The lowest BCUT2D eigenvalue weighted by atomic mass is 9.96. The van der Waals surface area contributed by atoms with Crippen LogP contribution in [0.4, 0.5) is 4.79 Å². The molecule has 0 aliphatic heterocycles. The molecule has 0 saturated heterocycles. The van der Waals surface area contributed by atoms with E-state index in [1.807, 2.05) is 0 Å². The van der Waals surface area contributed by atoms with Crippen molar-refractivity contribution >= 4 is 22.8 Å². The Kier molecular flexibility index (Phi) is 4.88. The molecule has 1 fully saturated rings. The van der Waals surface area contributed by atoms with Crippen molar-refractivity contribution in [2.75, 3.05) is 0 Å². The summed E-state index contributed by atoms with van der Waals surface area (Å²) in [7, 11) is 0. The Morgan fingerprint density at radius 2 is 1.92 bits per heavy atom. The monoisotopic (exact) mass is 328 g/mol. The van der Waals surface area contributed by atoms with E-state index in [0.717, 1.165) is 25.7 Å². The maximum absolute atomic E-state index is 12.3. The fraction of sp³-hybridized carbons (Fsp3) is 0.412. The molecule has 1 aliphatic carbocycles. The third-order valence-electron chi connectivity index (χ3n) is 4.24. The predicted molar refractivity (Wildman–Crippen MR) is 89.6 cm³/mol. The number of carbonyl (C=O) groups is 2. The standard InChI is InChI=1S/C17H20N4O3/c22-15(20-17(24)19-12-6-2-1-3-7-12)10-21-11-18-14-9-5-4-8-13(14)16(21)23/h4-5,8-9,11-12H,1-3,6-7,10H2,(H2,19,20,22,24). The summed E-state index contributed by atoms with van der Waals surface area (Å²) in [4.78, 5) is 40.3. The summed E-state index contributed by atoms with van der Waals surface area (Å²) in [5, 5.41) is 5.52. The van der Waals surface area contributed by atoms with Crippen LogP contribution < -0.4 is 16.2 Å². The van der Waals surface area contributed by atoms with Gasteiger partial charge < -0.3 is 5.32 Å². The molecule has 0 radical (unpaired) electrons. The molecule has 0 spiro atoms. The van der Waals surface area contributed by atoms with Gasteiger partial charge in [-0.2, -0.15) is 0 Å². The molecule has 2 N–H and O–H groups in total. The van der Waals surface area contributed by atoms with Crippen molar-refractivity contribution < 1.29 is 9.59 Å². The van der Waals surface area contributed by atoms with E-state index in [0.29, 0.717) is 10.9 Å². The van der Waals surface area contributed by atoms with E-state index in [2.05, 4.69) is 15.6 Å². The van der Waals surface area contributed by atoms with Gasteiger partial charge in [0.2, 0.25) is 5.91 Å². The van der Waals surface area contributed by atoms with Crippen molar-refractivity contribution in [1.29, 1.82) is 0 Å². The lowest BCUT2D eigenvalue weighted by molar-refractivity contribution is -0.120. The summed E-state index contributed by atoms with van der Waals surface area (Å²) in [5.41, 5.74) is 0.276. The molecular weight excluding hydrogens is 308 g/mol. The van der Waals surface area contributed by atoms with Gasteiger partial charge in [-0.25, -0.2) is 9.78 Å². The average Bonchev–Trinajstić information content (AvgIpc) is 2.58. The molecule has 0 atom stereocenters. The third kappa shape index (κ3) is 3.79. The van der Waals surface area contributed by atoms with Crippen LogP contribution in [0.25, 0.3) is 10.9 Å². The molecule has 1 aromatic carbocycles. The van der Waals surface area contributed by atoms with Gasteiger partial charge in [0.05, 0.1) is 17.2 Å². The fourth-order valence-electron chi connectivity index (χ4n) is 3.01. The Balaban J connectivity index is 1.61. The zero-order valence-corrected chi connectivity index (χ0v) is 13.3. The summed E-state index contributed by atoms with van der Waals surface area (Å²) in [5.74, 6) is -0.539. The number of nitrogens with one attached hydrogen (secondary N) is 2. The van der Waals surface area contributed by atoms with Crippen molar-refractivity contribution in [2.45, 2.75) is 44.7 Å². The van der Waals surface area contributed by atoms with E-state index in [9.17, 15) is 14.4 Å². The number of hydrogen-bond donors (Lipinski definition) is 2. The van der Waals surface area contributed by atoms with Crippen molar-refractivity contribution in [3.8, 4) is 0 Å². The first-order valence-electron chi connectivity index (χ1n) is 8.18. The van der Waals surface area contributed by atoms with Crippen LogP contribution in [-0.4, -0.2) is 27.5 Å². The Hall–Kier alpha value is -2.70. The van der Waals surface area contributed by atoms with E-state index in [1.165, 1.54) is 17.3 Å². The summed E-state index contributed by atoms with van der Waals surface area (Å²) in [6.07, 6.45) is 6.58. The molecule has 24 heavy (non-hydrogen) atoms. The predicted octanol–water partition coefficient (Wildman–Crippen LogP) is 1.55. The highest BCUT2D eigenvalue weighted by atomic mass is 16.2. The van der Waals surface area contributed by atoms with Gasteiger partial charge in [0, 0.05) is 6.04 Å². The molecule has 7 nitrogen and oxygen atoms in total. The summed E-state index contributed by atoms with van der Waals surface area (Å²) in [6, 6.07) is 6.55. The van der Waals surface area contributed by atoms with Gasteiger partial charge in [-0.3, -0.25) is 19.5 Å². The summed E-state index contributed by atoms with van der Waals surface area (Å²) in [6.45, 7) is -0.241. The van der Waals surface area contributed by atoms with Gasteiger partial charge in [0.25, 0.3) is 5.56 Å². The summed E-state index contributed by atoms with van der Waals surface area (Å²) < 4.78 is 1.20. The lowest BCUT2D eigenvalue weighted by Gasteiger charge is -2.22. The van der Waals surface area contributed by atoms with Crippen LogP contribution in [0.3, 0.4) is 0 Å². The second-order valence-corrected chi connectivity index (χ2v) is 6.05. The van der Waals surface area contributed by atoms with Gasteiger partial charge >= 0.3 is 6.03 Å². The number of benzene rings is 1. The van der Waals surface area contributed by atoms with Crippen molar-refractivity contribution in [3.05, 3.63) is 40.9 Å². The molecule has 1 saturated carbocycles. The van der Waals surface area contributed by atoms with E-state index in [-0.39, 0.29) is 18.1 Å². The van der Waals surface area contributed by atoms with Crippen LogP contribution >= 0.6 is 0 Å². The quantitative estimate of drug-likeness (QED) is 0.894. The molecule has 3 rings (SSSR count). The molecule has 0 unspecified atom stereocenters. The number of hydrogen-bond acceptors (Lipinski definition) is 4. The minimum absolute atomic E-state index is 0.122. The highest BCUT2D eigenvalue weighted by molar-refractivity contribution is 5.94. The van der Waals surface area contributed by atoms with Crippen LogP contribution in [0.1, 0.15) is 32.1 Å². The maximum Gasteiger partial charge on any atom is 0.321 e. The Morgan fingerprint density at radius 1 is 1.17 bits per heavy atom. The maximum atomic E-state index is 12.3. The molecule has 7 heteroatoms. The van der Waals surface area contributed by atoms with Gasteiger partial charge in [-0.05, 0) is 25.0 Å². The molecule has 0 bridgehead atoms. The van der Waals surface area contributed by atoms with E-state index in [4.69, 9.17) is 0 Å². The Morgan fingerprint density at radius 3 is 2.71 bits per heavy atom. The average molecular weight is 328 g/mol. The molecule has 1 heterocycles. The number of urea groups is 1. The molecule has 1 aliphatic rings. The van der Waals surface area contributed by atoms with Gasteiger partial charge in [0.1, 0.15) is 6.54 Å². The topological polar surface area (TPSA) is 93.1 Å². The van der Waals surface area contributed by atoms with E-state index in [1.54, 1.807) is 24.3 Å².